The van der Waals surface area contributed by atoms with Crippen LogP contribution in [-0.2, 0) is 11.2 Å². The van der Waals surface area contributed by atoms with Gasteiger partial charge in [0.05, 0.1) is 5.52 Å². The Morgan fingerprint density at radius 3 is 2.52 bits per heavy atom. The number of benzene rings is 1. The van der Waals surface area contributed by atoms with Gasteiger partial charge in [-0.3, -0.25) is 9.59 Å². The van der Waals surface area contributed by atoms with Crippen molar-refractivity contribution in [3.63, 3.8) is 0 Å². The van der Waals surface area contributed by atoms with Crippen molar-refractivity contribution < 1.29 is 4.79 Å². The van der Waals surface area contributed by atoms with Gasteiger partial charge in [-0.2, -0.15) is 0 Å². The highest BCUT2D eigenvalue weighted by Gasteiger charge is 2.22. The molecule has 0 radical (unpaired) electrons. The van der Waals surface area contributed by atoms with Crippen molar-refractivity contribution in [3.8, 4) is 0 Å². The number of H-pyrrole nitrogens is 1. The normalized spacial score (nSPS) is 14.4. The van der Waals surface area contributed by atoms with Crippen LogP contribution < -0.4 is 10.5 Å². The van der Waals surface area contributed by atoms with E-state index in [9.17, 15) is 9.59 Å². The first kappa shape index (κ1) is 19.1. The summed E-state index contributed by atoms with van der Waals surface area (Å²) in [5, 5.41) is 1.01. The minimum Gasteiger partial charge on any atom is -0.339 e. The van der Waals surface area contributed by atoms with Crippen LogP contribution in [0.15, 0.2) is 41.5 Å². The van der Waals surface area contributed by atoms with Crippen LogP contribution in [-0.4, -0.2) is 51.9 Å². The summed E-state index contributed by atoms with van der Waals surface area (Å²) < 4.78 is 0. The number of piperazine rings is 1. The fraction of sp³-hybridized carbons (Fsp3) is 0.364. The van der Waals surface area contributed by atoms with Crippen LogP contribution in [0, 0.1) is 13.8 Å². The van der Waals surface area contributed by atoms with Gasteiger partial charge in [0.15, 0.2) is 0 Å². The molecule has 7 nitrogen and oxygen atoms in total. The van der Waals surface area contributed by atoms with Crippen LogP contribution in [0.3, 0.4) is 0 Å². The third-order valence-corrected chi connectivity index (χ3v) is 5.45. The molecule has 0 spiro atoms. The number of pyridine rings is 1. The number of aromatic nitrogens is 3. The number of amides is 1. The van der Waals surface area contributed by atoms with Crippen LogP contribution >= 0.6 is 0 Å². The van der Waals surface area contributed by atoms with Gasteiger partial charge in [0.2, 0.25) is 11.9 Å². The molecule has 1 saturated heterocycles. The molecule has 0 aliphatic carbocycles. The van der Waals surface area contributed by atoms with Crippen molar-refractivity contribution in [2.75, 3.05) is 31.1 Å². The molecule has 0 saturated carbocycles. The number of aromatic amines is 1. The molecule has 1 fully saturated rings. The minimum atomic E-state index is -0.108. The van der Waals surface area contributed by atoms with E-state index < -0.39 is 0 Å². The maximum Gasteiger partial charge on any atom is 0.251 e. The molecular formula is C22H25N5O2. The van der Waals surface area contributed by atoms with E-state index in [0.29, 0.717) is 50.5 Å². The quantitative estimate of drug-likeness (QED) is 0.737. The van der Waals surface area contributed by atoms with Crippen molar-refractivity contribution >= 4 is 22.8 Å². The molecule has 29 heavy (non-hydrogen) atoms. The number of carbonyl (C=O) groups excluding carboxylic acids is 1. The zero-order valence-corrected chi connectivity index (χ0v) is 16.8. The predicted molar refractivity (Wildman–Crippen MR) is 113 cm³/mol. The Kier molecular flexibility index (Phi) is 5.29. The predicted octanol–water partition coefficient (Wildman–Crippen LogP) is 2.22. The molecule has 1 amide bonds. The Bertz CT molecular complexity index is 1090. The van der Waals surface area contributed by atoms with Gasteiger partial charge < -0.3 is 14.8 Å². The third kappa shape index (κ3) is 4.13. The zero-order valence-electron chi connectivity index (χ0n) is 16.8. The molecule has 1 aromatic carbocycles. The Labute approximate surface area is 169 Å². The van der Waals surface area contributed by atoms with Gasteiger partial charge in [-0.25, -0.2) is 9.97 Å². The van der Waals surface area contributed by atoms with Crippen molar-refractivity contribution in [2.24, 2.45) is 0 Å². The molecule has 0 bridgehead atoms. The highest BCUT2D eigenvalue weighted by molar-refractivity contribution is 5.83. The molecule has 150 valence electrons. The van der Waals surface area contributed by atoms with Crippen molar-refractivity contribution in [1.82, 2.24) is 19.9 Å². The fourth-order valence-electron chi connectivity index (χ4n) is 3.93. The lowest BCUT2D eigenvalue weighted by molar-refractivity contribution is -0.131. The number of aryl methyl sites for hydroxylation is 3. The lowest BCUT2D eigenvalue weighted by Crippen LogP contribution is -2.49. The second kappa shape index (κ2) is 8.03. The van der Waals surface area contributed by atoms with E-state index in [-0.39, 0.29) is 11.5 Å². The highest BCUT2D eigenvalue weighted by atomic mass is 16.2. The van der Waals surface area contributed by atoms with Gasteiger partial charge in [0, 0.05) is 50.6 Å². The number of hydrogen-bond acceptors (Lipinski definition) is 5. The summed E-state index contributed by atoms with van der Waals surface area (Å²) in [4.78, 5) is 40.6. The Morgan fingerprint density at radius 2 is 1.79 bits per heavy atom. The average Bonchev–Trinajstić information content (AvgIpc) is 2.73. The van der Waals surface area contributed by atoms with Crippen LogP contribution in [0.2, 0.25) is 0 Å². The summed E-state index contributed by atoms with van der Waals surface area (Å²) in [7, 11) is 0. The first-order valence-electron chi connectivity index (χ1n) is 9.94. The maximum absolute atomic E-state index is 12.7. The minimum absolute atomic E-state index is 0.0820. The molecule has 3 aromatic rings. The number of carbonyl (C=O) groups is 1. The largest absolute Gasteiger partial charge is 0.339 e. The number of hydrogen-bond donors (Lipinski definition) is 1. The van der Waals surface area contributed by atoms with Crippen LogP contribution in [0.25, 0.3) is 10.9 Å². The Balaban J connectivity index is 1.39. The summed E-state index contributed by atoms with van der Waals surface area (Å²) in [6.45, 7) is 6.75. The molecule has 3 heterocycles. The maximum atomic E-state index is 12.7. The van der Waals surface area contributed by atoms with E-state index >= 15 is 0 Å². The molecule has 2 aromatic heterocycles. The lowest BCUT2D eigenvalue weighted by Gasteiger charge is -2.34. The Morgan fingerprint density at radius 1 is 1.07 bits per heavy atom. The number of nitrogens with zero attached hydrogens (tertiary/aromatic N) is 4. The number of rotatable bonds is 4. The van der Waals surface area contributed by atoms with E-state index in [1.54, 1.807) is 18.5 Å². The third-order valence-electron chi connectivity index (χ3n) is 5.45. The van der Waals surface area contributed by atoms with Gasteiger partial charge in [0.25, 0.3) is 5.56 Å². The van der Waals surface area contributed by atoms with Gasteiger partial charge >= 0.3 is 0 Å². The number of fused-ring (bicyclic) bond motifs is 1. The lowest BCUT2D eigenvalue weighted by atomic mass is 10.0. The van der Waals surface area contributed by atoms with E-state index in [1.807, 2.05) is 24.8 Å². The smallest absolute Gasteiger partial charge is 0.251 e. The fourth-order valence-corrected chi connectivity index (χ4v) is 3.93. The summed E-state index contributed by atoms with van der Waals surface area (Å²) >= 11 is 0. The number of anilines is 1. The van der Waals surface area contributed by atoms with E-state index in [0.717, 1.165) is 22.0 Å². The molecule has 0 atom stereocenters. The van der Waals surface area contributed by atoms with Gasteiger partial charge in [-0.05, 0) is 49.4 Å². The molecule has 1 aliphatic rings. The van der Waals surface area contributed by atoms with Gasteiger partial charge in [-0.1, -0.05) is 11.6 Å². The summed E-state index contributed by atoms with van der Waals surface area (Å²) in [5.41, 5.74) is 3.63. The topological polar surface area (TPSA) is 82.2 Å². The van der Waals surface area contributed by atoms with Gasteiger partial charge in [0.1, 0.15) is 0 Å². The monoisotopic (exact) mass is 391 g/mol. The first-order chi connectivity index (χ1) is 14.0. The van der Waals surface area contributed by atoms with Crippen molar-refractivity contribution in [1.29, 1.82) is 0 Å². The molecule has 1 aliphatic heterocycles. The molecule has 7 heteroatoms. The summed E-state index contributed by atoms with van der Waals surface area (Å²) in [6.07, 6.45) is 4.23. The zero-order chi connectivity index (χ0) is 20.4. The van der Waals surface area contributed by atoms with E-state index in [4.69, 9.17) is 0 Å². The Hall–Kier alpha value is -3.22. The second-order valence-corrected chi connectivity index (χ2v) is 7.59. The summed E-state index contributed by atoms with van der Waals surface area (Å²) in [5.74, 6) is 0.784. The number of nitrogens with one attached hydrogen (secondary N) is 1. The average molecular weight is 391 g/mol. The highest BCUT2D eigenvalue weighted by Crippen LogP contribution is 2.19. The van der Waals surface area contributed by atoms with Crippen molar-refractivity contribution in [3.05, 3.63) is 63.7 Å². The standard InChI is InChI=1S/C22H25N5O2/c1-15-12-16(2)20-18(13-15)14-17(21(29)25-20)4-5-19(28)26-8-10-27(11-9-26)22-23-6-3-7-24-22/h3,6-7,12-14H,4-5,8-11H2,1-2H3,(H,25,29). The van der Waals surface area contributed by atoms with Crippen LogP contribution in [0.1, 0.15) is 23.1 Å². The van der Waals surface area contributed by atoms with Gasteiger partial charge in [-0.15, -0.1) is 0 Å². The van der Waals surface area contributed by atoms with Crippen LogP contribution in [0.5, 0.6) is 0 Å². The van der Waals surface area contributed by atoms with Crippen molar-refractivity contribution in [2.45, 2.75) is 26.7 Å². The summed E-state index contributed by atoms with van der Waals surface area (Å²) in [6, 6.07) is 7.84. The first-order valence-corrected chi connectivity index (χ1v) is 9.94. The molecule has 4 rings (SSSR count). The van der Waals surface area contributed by atoms with E-state index in [1.165, 1.54) is 0 Å². The van der Waals surface area contributed by atoms with Crippen LogP contribution in [0.4, 0.5) is 5.95 Å². The van der Waals surface area contributed by atoms with E-state index in [2.05, 4.69) is 32.0 Å². The molecule has 0 unspecified atom stereocenters. The second-order valence-electron chi connectivity index (χ2n) is 7.59. The molecular weight excluding hydrogens is 366 g/mol. The SMILES string of the molecule is Cc1cc(C)c2[nH]c(=O)c(CCC(=O)N3CCN(c4ncccn4)CC3)cc2c1. The molecule has 1 N–H and O–H groups in total.